The van der Waals surface area contributed by atoms with Crippen LogP contribution < -0.4 is 5.56 Å². The quantitative estimate of drug-likeness (QED) is 0.0337. The van der Waals surface area contributed by atoms with Gasteiger partial charge in [0.25, 0.3) is 14.1 Å². The molecule has 0 saturated carbocycles. The number of benzene rings is 3. The fourth-order valence-electron chi connectivity index (χ4n) is 6.87. The number of aromatic nitrogens is 4. The van der Waals surface area contributed by atoms with Crippen LogP contribution in [0.4, 0.5) is 5.95 Å². The van der Waals surface area contributed by atoms with Crippen LogP contribution >= 0.6 is 8.53 Å². The number of hydrogen-bond donors (Lipinski definition) is 1. The van der Waals surface area contributed by atoms with E-state index in [1.54, 1.807) is 22.1 Å². The number of imidazole rings is 1. The number of nitrogens with one attached hydrogen (secondary N) is 1. The van der Waals surface area contributed by atoms with Gasteiger partial charge in [0.1, 0.15) is 17.9 Å². The Balaban J connectivity index is 1.42. The molecule has 0 spiro atoms. The van der Waals surface area contributed by atoms with E-state index < -0.39 is 38.1 Å². The largest absolute Gasteiger partial charge is 0.369 e. The van der Waals surface area contributed by atoms with E-state index in [2.05, 4.69) is 94.8 Å². The van der Waals surface area contributed by atoms with Crippen LogP contribution in [-0.2, 0) is 24.1 Å². The van der Waals surface area contributed by atoms with Crippen molar-refractivity contribution < 1.29 is 18.5 Å². The smallest absolute Gasteiger partial charge is 0.280 e. The molecule has 3 heterocycles. The summed E-state index contributed by atoms with van der Waals surface area (Å²) in [5, 5.41) is 9.35. The molecule has 0 bridgehead atoms. The molecule has 1 aliphatic heterocycles. The van der Waals surface area contributed by atoms with Crippen LogP contribution in [-0.4, -0.2) is 87.0 Å². The molecule has 2 aromatic heterocycles. The van der Waals surface area contributed by atoms with E-state index in [1.165, 1.54) is 0 Å². The Labute approximate surface area is 323 Å². The van der Waals surface area contributed by atoms with Crippen LogP contribution in [0.15, 0.2) is 107 Å². The molecule has 1 saturated heterocycles. The maximum Gasteiger partial charge on any atom is 0.280 e. The zero-order valence-corrected chi connectivity index (χ0v) is 33.0. The molecule has 14 heteroatoms. The SMILES string of the molecule is CC(C)N(C(C)C)P(OCCC#N)O[C@@H]1C[C@H](n2cnc3c(=O)[nH]c(N=CN(C)C)nc32)O[C@@H]1COC(c1ccccc1)(c1ccccc1)c1ccccc1. The number of aliphatic imine (C=N–C) groups is 1. The van der Waals surface area contributed by atoms with Gasteiger partial charge in [-0.1, -0.05) is 91.0 Å². The Morgan fingerprint density at radius 3 is 2.11 bits per heavy atom. The monoisotopic (exact) mass is 764 g/mol. The summed E-state index contributed by atoms with van der Waals surface area (Å²) < 4.78 is 31.5. The lowest BCUT2D eigenvalue weighted by molar-refractivity contribution is -0.0912. The predicted molar refractivity (Wildman–Crippen MR) is 214 cm³/mol. The number of fused-ring (bicyclic) bond motifs is 1. The van der Waals surface area contributed by atoms with Crippen molar-refractivity contribution in [1.29, 1.82) is 5.26 Å². The number of nitriles is 1. The van der Waals surface area contributed by atoms with Crippen molar-refractivity contribution in [2.45, 2.75) is 76.7 Å². The summed E-state index contributed by atoms with van der Waals surface area (Å²) in [5.74, 6) is 0.149. The normalized spacial score (nSPS) is 18.1. The maximum absolute atomic E-state index is 13.1. The second kappa shape index (κ2) is 18.2. The Morgan fingerprint density at radius 1 is 1.00 bits per heavy atom. The van der Waals surface area contributed by atoms with Crippen LogP contribution in [0.1, 0.15) is 63.5 Å². The third kappa shape index (κ3) is 9.03. The van der Waals surface area contributed by atoms with Gasteiger partial charge in [-0.2, -0.15) is 10.2 Å². The molecule has 1 unspecified atom stereocenters. The van der Waals surface area contributed by atoms with Crippen molar-refractivity contribution in [1.82, 2.24) is 29.1 Å². The number of rotatable bonds is 17. The maximum atomic E-state index is 13.1. The fourth-order valence-corrected chi connectivity index (χ4v) is 8.63. The van der Waals surface area contributed by atoms with E-state index in [0.29, 0.717) is 12.1 Å². The van der Waals surface area contributed by atoms with Gasteiger partial charge in [0, 0.05) is 32.6 Å². The lowest BCUT2D eigenvalue weighted by Crippen LogP contribution is -2.39. The molecule has 6 rings (SSSR count). The van der Waals surface area contributed by atoms with E-state index in [1.807, 2.05) is 68.7 Å². The number of ether oxygens (including phenoxy) is 2. The van der Waals surface area contributed by atoms with E-state index in [4.69, 9.17) is 18.5 Å². The molecule has 3 aromatic carbocycles. The van der Waals surface area contributed by atoms with Crippen molar-refractivity contribution >= 4 is 32.0 Å². The molecular formula is C41H49N8O5P. The average molecular weight is 765 g/mol. The summed E-state index contributed by atoms with van der Waals surface area (Å²) in [6.45, 7) is 8.77. The van der Waals surface area contributed by atoms with Crippen LogP contribution in [0.25, 0.3) is 11.2 Å². The predicted octanol–water partition coefficient (Wildman–Crippen LogP) is 7.30. The second-order valence-electron chi connectivity index (χ2n) is 14.1. The molecule has 1 aliphatic rings. The Morgan fingerprint density at radius 2 is 1.58 bits per heavy atom. The number of H-pyrrole nitrogens is 1. The van der Waals surface area contributed by atoms with Crippen molar-refractivity contribution in [2.24, 2.45) is 4.99 Å². The van der Waals surface area contributed by atoms with Gasteiger partial charge in [-0.15, -0.1) is 0 Å². The third-order valence-corrected chi connectivity index (χ3v) is 11.4. The van der Waals surface area contributed by atoms with Gasteiger partial charge in [-0.3, -0.25) is 14.3 Å². The minimum atomic E-state index is -1.63. The lowest BCUT2D eigenvalue weighted by Gasteiger charge is -2.39. The van der Waals surface area contributed by atoms with E-state index in [0.717, 1.165) is 16.7 Å². The summed E-state index contributed by atoms with van der Waals surface area (Å²) in [6.07, 6.45) is 2.00. The molecule has 5 aromatic rings. The van der Waals surface area contributed by atoms with Gasteiger partial charge in [-0.05, 0) is 44.4 Å². The second-order valence-corrected chi connectivity index (χ2v) is 15.5. The lowest BCUT2D eigenvalue weighted by atomic mass is 9.80. The Hall–Kier alpha value is -4.80. The van der Waals surface area contributed by atoms with Gasteiger partial charge in [0.2, 0.25) is 5.95 Å². The molecule has 288 valence electrons. The molecule has 0 radical (unpaired) electrons. The average Bonchev–Trinajstić information content (AvgIpc) is 3.79. The summed E-state index contributed by atoms with van der Waals surface area (Å²) in [5.41, 5.74) is 1.99. The molecule has 1 fully saturated rings. The fraction of sp³-hybridized carbons (Fsp3) is 0.390. The summed E-state index contributed by atoms with van der Waals surface area (Å²) >= 11 is 0. The van der Waals surface area contributed by atoms with Crippen LogP contribution in [0.5, 0.6) is 0 Å². The van der Waals surface area contributed by atoms with Gasteiger partial charge >= 0.3 is 0 Å². The first kappa shape index (κ1) is 39.9. The highest BCUT2D eigenvalue weighted by Gasteiger charge is 2.45. The van der Waals surface area contributed by atoms with Crippen molar-refractivity contribution in [2.75, 3.05) is 27.3 Å². The highest BCUT2D eigenvalue weighted by Crippen LogP contribution is 2.51. The summed E-state index contributed by atoms with van der Waals surface area (Å²) in [4.78, 5) is 31.0. The van der Waals surface area contributed by atoms with Crippen molar-refractivity contribution in [3.63, 3.8) is 0 Å². The highest BCUT2D eigenvalue weighted by atomic mass is 31.2. The van der Waals surface area contributed by atoms with Crippen LogP contribution in [0.3, 0.4) is 0 Å². The van der Waals surface area contributed by atoms with Crippen LogP contribution in [0, 0.1) is 11.3 Å². The molecule has 0 aliphatic carbocycles. The number of nitrogens with zero attached hydrogens (tertiary/aromatic N) is 7. The highest BCUT2D eigenvalue weighted by molar-refractivity contribution is 7.44. The van der Waals surface area contributed by atoms with E-state index in [9.17, 15) is 10.1 Å². The number of aromatic amines is 1. The Bertz CT molecular complexity index is 2000. The molecule has 55 heavy (non-hydrogen) atoms. The van der Waals surface area contributed by atoms with Crippen molar-refractivity contribution in [3.05, 3.63) is 124 Å². The van der Waals surface area contributed by atoms with Crippen LogP contribution in [0.2, 0.25) is 0 Å². The van der Waals surface area contributed by atoms with Crippen molar-refractivity contribution in [3.8, 4) is 6.07 Å². The molecule has 4 atom stereocenters. The number of hydrogen-bond acceptors (Lipinski definition) is 10. The first-order chi connectivity index (χ1) is 26.6. The molecule has 1 N–H and O–H groups in total. The van der Waals surface area contributed by atoms with Gasteiger partial charge in [0.15, 0.2) is 11.2 Å². The summed E-state index contributed by atoms with van der Waals surface area (Å²) in [6, 6.07) is 32.9. The van der Waals surface area contributed by atoms with Gasteiger partial charge in [-0.25, -0.2) is 14.6 Å². The first-order valence-corrected chi connectivity index (χ1v) is 19.6. The zero-order valence-electron chi connectivity index (χ0n) is 32.1. The molecule has 0 amide bonds. The minimum absolute atomic E-state index is 0.0950. The topological polar surface area (TPSA) is 143 Å². The van der Waals surface area contributed by atoms with Gasteiger partial charge in [0.05, 0.1) is 44.5 Å². The third-order valence-electron chi connectivity index (χ3n) is 9.21. The standard InChI is InChI=1S/C41H49N8O5P/c1-29(2)49(30(3)4)55(52-24-16-23-42)54-34-25-36(48-28-43-37-38(48)45-40(46-39(37)50)44-27-47(5)6)53-35(34)26-51-41(31-17-10-7-11-18-31,32-19-12-8-13-20-32)33-21-14-9-15-22-33/h7-15,17-22,27-30,34-36H,16,24-26H2,1-6H3,(H,45,46,50)/t34-,35-,36-,55?/m1/s1. The van der Waals surface area contributed by atoms with Gasteiger partial charge < -0.3 is 23.4 Å². The minimum Gasteiger partial charge on any atom is -0.369 e. The molecule has 13 nitrogen and oxygen atoms in total. The van der Waals surface area contributed by atoms with E-state index >= 15 is 0 Å². The first-order valence-electron chi connectivity index (χ1n) is 18.5. The summed E-state index contributed by atoms with van der Waals surface area (Å²) in [7, 11) is 2.04. The Kier molecular flexibility index (Phi) is 13.2. The van der Waals surface area contributed by atoms with E-state index in [-0.39, 0.29) is 43.2 Å². The molecular weight excluding hydrogens is 715 g/mol. The zero-order chi connectivity index (χ0) is 39.0.